The minimum absolute atomic E-state index is 0.0539. The van der Waals surface area contributed by atoms with Gasteiger partial charge in [-0.25, -0.2) is 4.98 Å². The Hall–Kier alpha value is -3.97. The van der Waals surface area contributed by atoms with Gasteiger partial charge in [0.1, 0.15) is 17.6 Å². The lowest BCUT2D eigenvalue weighted by molar-refractivity contribution is -0.132. The molecule has 0 saturated carbocycles. The Labute approximate surface area is 212 Å². The molecule has 4 aromatic rings. The molecule has 3 aromatic carbocycles. The highest BCUT2D eigenvalue weighted by molar-refractivity contribution is 7.22. The summed E-state index contributed by atoms with van der Waals surface area (Å²) in [4.78, 5) is 33.0. The second-order valence-electron chi connectivity index (χ2n) is 9.50. The summed E-state index contributed by atoms with van der Waals surface area (Å²) in [6.07, 6.45) is 0.773. The van der Waals surface area contributed by atoms with Crippen LogP contribution in [0.5, 0.6) is 5.75 Å². The van der Waals surface area contributed by atoms with E-state index in [1.54, 1.807) is 12.1 Å². The predicted octanol–water partition coefficient (Wildman–Crippen LogP) is 5.86. The fraction of sp³-hybridized carbons (Fsp3) is 0.207. The highest BCUT2D eigenvalue weighted by Gasteiger charge is 2.48. The number of hydrogen-bond donors (Lipinski definition) is 1. The summed E-state index contributed by atoms with van der Waals surface area (Å²) in [5.74, 6) is -0.838. The Bertz CT molecular complexity index is 1580. The van der Waals surface area contributed by atoms with E-state index in [1.807, 2.05) is 69.3 Å². The summed E-state index contributed by atoms with van der Waals surface area (Å²) in [6, 6.07) is 18.1. The molecule has 6 rings (SSSR count). The third-order valence-electron chi connectivity index (χ3n) is 6.75. The maximum atomic E-state index is 13.5. The first-order valence-corrected chi connectivity index (χ1v) is 12.7. The van der Waals surface area contributed by atoms with Crippen molar-refractivity contribution in [2.45, 2.75) is 39.3 Å². The first-order valence-electron chi connectivity index (χ1n) is 11.8. The summed E-state index contributed by atoms with van der Waals surface area (Å²) in [5, 5.41) is 11.9. The molecule has 0 spiro atoms. The van der Waals surface area contributed by atoms with Crippen LogP contribution >= 0.6 is 11.3 Å². The molecule has 1 aromatic heterocycles. The second kappa shape index (κ2) is 8.31. The number of Topliss-reactive ketones (excluding diaryl/α,β-unsaturated/α-hetero) is 1. The number of anilines is 1. The first kappa shape index (κ1) is 22.5. The molecular formula is C29H24N2O4S. The van der Waals surface area contributed by atoms with Gasteiger partial charge in [0.2, 0.25) is 0 Å². The minimum atomic E-state index is -0.796. The van der Waals surface area contributed by atoms with Crippen molar-refractivity contribution in [1.82, 2.24) is 4.98 Å². The van der Waals surface area contributed by atoms with Crippen LogP contribution in [0.3, 0.4) is 0 Å². The summed E-state index contributed by atoms with van der Waals surface area (Å²) >= 11 is 1.36. The lowest BCUT2D eigenvalue weighted by Gasteiger charge is -2.23. The third kappa shape index (κ3) is 3.58. The number of aromatic nitrogens is 1. The molecule has 2 aliphatic heterocycles. The molecule has 36 heavy (non-hydrogen) atoms. The molecule has 1 fully saturated rings. The number of aliphatic hydroxyl groups excluding tert-OH is 1. The number of hydrogen-bond acceptors (Lipinski definition) is 6. The summed E-state index contributed by atoms with van der Waals surface area (Å²) in [5.41, 5.74) is 5.15. The molecule has 2 aliphatic rings. The topological polar surface area (TPSA) is 79.7 Å². The Kier molecular flexibility index (Phi) is 5.19. The van der Waals surface area contributed by atoms with Crippen LogP contribution in [0.25, 0.3) is 16.0 Å². The van der Waals surface area contributed by atoms with E-state index in [1.165, 1.54) is 16.2 Å². The fourth-order valence-electron chi connectivity index (χ4n) is 4.94. The van der Waals surface area contributed by atoms with Crippen molar-refractivity contribution in [3.8, 4) is 5.75 Å². The Balaban J connectivity index is 1.53. The number of fused-ring (bicyclic) bond motifs is 2. The van der Waals surface area contributed by atoms with E-state index in [2.05, 4.69) is 4.98 Å². The number of carbonyl (C=O) groups excluding carboxylic acids is 2. The first-order chi connectivity index (χ1) is 17.3. The smallest absolute Gasteiger partial charge is 0.301 e. The number of ether oxygens (including phenoxy) is 1. The van der Waals surface area contributed by atoms with Crippen molar-refractivity contribution in [3.63, 3.8) is 0 Å². The van der Waals surface area contributed by atoms with Crippen LogP contribution in [0.15, 0.2) is 66.2 Å². The van der Waals surface area contributed by atoms with Gasteiger partial charge in [-0.15, -0.1) is 0 Å². The molecule has 180 valence electrons. The maximum Gasteiger partial charge on any atom is 0.301 e. The average molecular weight is 497 g/mol. The number of amides is 1. The van der Waals surface area contributed by atoms with Crippen LogP contribution in [0.2, 0.25) is 0 Å². The molecule has 6 nitrogen and oxygen atoms in total. The molecular weight excluding hydrogens is 472 g/mol. The monoisotopic (exact) mass is 496 g/mol. The van der Waals surface area contributed by atoms with Gasteiger partial charge in [0.25, 0.3) is 5.78 Å². The van der Waals surface area contributed by atoms with Crippen LogP contribution in [-0.4, -0.2) is 27.9 Å². The zero-order valence-corrected chi connectivity index (χ0v) is 20.9. The van der Waals surface area contributed by atoms with Gasteiger partial charge in [-0.2, -0.15) is 0 Å². The minimum Gasteiger partial charge on any atom is -0.507 e. The lowest BCUT2D eigenvalue weighted by atomic mass is 9.94. The van der Waals surface area contributed by atoms with Crippen molar-refractivity contribution in [1.29, 1.82) is 0 Å². The van der Waals surface area contributed by atoms with E-state index in [0.29, 0.717) is 10.7 Å². The van der Waals surface area contributed by atoms with Crippen LogP contribution in [0, 0.1) is 13.8 Å². The normalized spacial score (nSPS) is 20.7. The van der Waals surface area contributed by atoms with Gasteiger partial charge >= 0.3 is 5.91 Å². The largest absolute Gasteiger partial charge is 0.507 e. The van der Waals surface area contributed by atoms with Crippen molar-refractivity contribution in [3.05, 3.63) is 94.1 Å². The zero-order valence-electron chi connectivity index (χ0n) is 20.1. The summed E-state index contributed by atoms with van der Waals surface area (Å²) < 4.78 is 6.72. The van der Waals surface area contributed by atoms with Crippen molar-refractivity contribution in [2.75, 3.05) is 4.90 Å². The van der Waals surface area contributed by atoms with Crippen molar-refractivity contribution < 1.29 is 19.4 Å². The number of aliphatic hydroxyl groups is 1. The number of rotatable bonds is 3. The molecule has 0 bridgehead atoms. The third-order valence-corrected chi connectivity index (χ3v) is 7.76. The van der Waals surface area contributed by atoms with Crippen LogP contribution < -0.4 is 9.64 Å². The van der Waals surface area contributed by atoms with Crippen LogP contribution in [-0.2, 0) is 16.0 Å². The average Bonchev–Trinajstić information content (AvgIpc) is 3.51. The molecule has 1 saturated heterocycles. The second-order valence-corrected chi connectivity index (χ2v) is 10.5. The molecule has 3 heterocycles. The Morgan fingerprint density at radius 3 is 2.56 bits per heavy atom. The summed E-state index contributed by atoms with van der Waals surface area (Å²) in [6.45, 7) is 5.96. The van der Waals surface area contributed by atoms with Crippen molar-refractivity contribution >= 4 is 44.1 Å². The number of nitrogens with zero attached hydrogens (tertiary/aromatic N) is 2. The molecule has 1 amide bonds. The van der Waals surface area contributed by atoms with E-state index in [9.17, 15) is 14.7 Å². The summed E-state index contributed by atoms with van der Waals surface area (Å²) in [7, 11) is 0. The van der Waals surface area contributed by atoms with E-state index in [-0.39, 0.29) is 17.4 Å². The zero-order chi connectivity index (χ0) is 25.1. The lowest BCUT2D eigenvalue weighted by Crippen LogP contribution is -2.29. The van der Waals surface area contributed by atoms with Gasteiger partial charge in [0.15, 0.2) is 5.13 Å². The highest BCUT2D eigenvalue weighted by Crippen LogP contribution is 2.45. The Morgan fingerprint density at radius 1 is 1.03 bits per heavy atom. The fourth-order valence-corrected chi connectivity index (χ4v) is 6.03. The van der Waals surface area contributed by atoms with Crippen LogP contribution in [0.1, 0.15) is 40.8 Å². The number of ketones is 1. The highest BCUT2D eigenvalue weighted by atomic mass is 32.1. The van der Waals surface area contributed by atoms with E-state index >= 15 is 0 Å². The Morgan fingerprint density at radius 2 is 1.78 bits per heavy atom. The number of aryl methyl sites for hydroxylation is 2. The maximum absolute atomic E-state index is 13.5. The van der Waals surface area contributed by atoms with E-state index < -0.39 is 17.7 Å². The molecule has 0 radical (unpaired) electrons. The molecule has 2 atom stereocenters. The van der Waals surface area contributed by atoms with E-state index in [0.717, 1.165) is 44.6 Å². The van der Waals surface area contributed by atoms with Crippen LogP contribution in [0.4, 0.5) is 5.13 Å². The van der Waals surface area contributed by atoms with Gasteiger partial charge in [0.05, 0.1) is 21.8 Å². The SMILES string of the molecule is Cc1ccc([C@@H]2/C(=C(\O)c3ccc4c(c3)C[C@@H](C)O4)C(=O)C(=O)N2c2nc3ccc(C)cc3s2)cc1. The van der Waals surface area contributed by atoms with E-state index in [4.69, 9.17) is 4.74 Å². The van der Waals surface area contributed by atoms with Gasteiger partial charge in [-0.05, 0) is 67.8 Å². The van der Waals surface area contributed by atoms with Gasteiger partial charge in [-0.1, -0.05) is 47.2 Å². The van der Waals surface area contributed by atoms with Gasteiger partial charge in [0, 0.05) is 12.0 Å². The predicted molar refractivity (Wildman–Crippen MR) is 141 cm³/mol. The van der Waals surface area contributed by atoms with Crippen molar-refractivity contribution in [2.24, 2.45) is 0 Å². The quantitative estimate of drug-likeness (QED) is 0.218. The molecule has 7 heteroatoms. The number of thiazole rings is 1. The molecule has 1 N–H and O–H groups in total. The number of carbonyl (C=O) groups is 2. The molecule has 0 aliphatic carbocycles. The standard InChI is InChI=1S/C29H24N2O4S/c1-15-4-7-18(8-5-15)25-24(26(32)19-9-11-22-20(14-19)13-17(3)35-22)27(33)28(34)31(25)29-30-21-10-6-16(2)12-23(21)36-29/h4-12,14,17,25,32H,13H2,1-3H3/b26-24+/t17-,25-/m1/s1. The number of benzene rings is 3. The van der Waals surface area contributed by atoms with Gasteiger partial charge in [-0.3, -0.25) is 14.5 Å². The van der Waals surface area contributed by atoms with Gasteiger partial charge < -0.3 is 9.84 Å². The molecule has 0 unspecified atom stereocenters.